The normalized spacial score (nSPS) is 25.8. The van der Waals surface area contributed by atoms with Crippen molar-refractivity contribution in [2.45, 2.75) is 63.6 Å². The number of benzene rings is 1. The number of nitrogens with one attached hydrogen (secondary N) is 1. The zero-order valence-electron chi connectivity index (χ0n) is 17.9. The smallest absolute Gasteiger partial charge is 0.406 e. The molecule has 3 atom stereocenters. The van der Waals surface area contributed by atoms with E-state index in [9.17, 15) is 27.2 Å². The second-order valence-electron chi connectivity index (χ2n) is 8.71. The van der Waals surface area contributed by atoms with Gasteiger partial charge in [0.2, 0.25) is 5.91 Å². The first kappa shape index (κ1) is 24.3. The Morgan fingerprint density at radius 1 is 1.12 bits per heavy atom. The van der Waals surface area contributed by atoms with Crippen molar-refractivity contribution in [1.29, 1.82) is 0 Å². The molecule has 0 radical (unpaired) electrons. The number of hydrogen-bond donors (Lipinski definition) is 2. The lowest BCUT2D eigenvalue weighted by molar-refractivity contribution is -0.274. The first-order chi connectivity index (χ1) is 15.0. The molecule has 1 saturated carbocycles. The van der Waals surface area contributed by atoms with Crippen LogP contribution < -0.4 is 15.8 Å². The van der Waals surface area contributed by atoms with Gasteiger partial charge in [-0.3, -0.25) is 9.59 Å². The number of halogens is 4. The molecule has 1 heterocycles. The lowest BCUT2D eigenvalue weighted by atomic mass is 9.76. The SMILES string of the molecule is C[C@@H](C1CCC(NC(=O)c2ccc(OC(F)(F)F)cc2)CC1)[C@H](N)C(=O)N1CC[C@H](F)C1. The van der Waals surface area contributed by atoms with Crippen molar-refractivity contribution in [3.05, 3.63) is 29.8 Å². The quantitative estimate of drug-likeness (QED) is 0.639. The van der Waals surface area contributed by atoms with Crippen LogP contribution in [-0.4, -0.2) is 54.4 Å². The molecule has 2 fully saturated rings. The maximum absolute atomic E-state index is 13.4. The maximum atomic E-state index is 13.4. The molecule has 6 nitrogen and oxygen atoms in total. The van der Waals surface area contributed by atoms with Crippen LogP contribution in [0.5, 0.6) is 5.75 Å². The maximum Gasteiger partial charge on any atom is 0.573 e. The van der Waals surface area contributed by atoms with Crippen LogP contribution in [0, 0.1) is 11.8 Å². The van der Waals surface area contributed by atoms with Crippen molar-refractivity contribution in [3.8, 4) is 5.75 Å². The fourth-order valence-corrected chi connectivity index (χ4v) is 4.51. The molecule has 3 rings (SSSR count). The average Bonchev–Trinajstić information content (AvgIpc) is 3.18. The van der Waals surface area contributed by atoms with Crippen molar-refractivity contribution in [1.82, 2.24) is 10.2 Å². The second kappa shape index (κ2) is 10.1. The highest BCUT2D eigenvalue weighted by Gasteiger charge is 2.36. The number of rotatable bonds is 6. The van der Waals surface area contributed by atoms with Crippen LogP contribution >= 0.6 is 0 Å². The number of nitrogens with zero attached hydrogens (tertiary/aromatic N) is 1. The predicted molar refractivity (Wildman–Crippen MR) is 110 cm³/mol. The Morgan fingerprint density at radius 3 is 2.28 bits per heavy atom. The van der Waals surface area contributed by atoms with Gasteiger partial charge in [0, 0.05) is 18.2 Å². The molecule has 1 aliphatic carbocycles. The van der Waals surface area contributed by atoms with Crippen molar-refractivity contribution in [2.24, 2.45) is 17.6 Å². The van der Waals surface area contributed by atoms with Crippen LogP contribution in [0.15, 0.2) is 24.3 Å². The lowest BCUT2D eigenvalue weighted by Crippen LogP contribution is -2.49. The Bertz CT molecular complexity index is 795. The zero-order valence-corrected chi connectivity index (χ0v) is 17.9. The third-order valence-electron chi connectivity index (χ3n) is 6.49. The van der Waals surface area contributed by atoms with E-state index in [1.807, 2.05) is 6.92 Å². The number of ether oxygens (including phenoxy) is 1. The fourth-order valence-electron chi connectivity index (χ4n) is 4.51. The van der Waals surface area contributed by atoms with E-state index in [0.717, 1.165) is 25.0 Å². The van der Waals surface area contributed by atoms with E-state index in [0.29, 0.717) is 25.8 Å². The summed E-state index contributed by atoms with van der Waals surface area (Å²) in [6, 6.07) is 4.05. The van der Waals surface area contributed by atoms with Crippen molar-refractivity contribution < 1.29 is 31.9 Å². The summed E-state index contributed by atoms with van der Waals surface area (Å²) < 4.78 is 53.9. The lowest BCUT2D eigenvalue weighted by Gasteiger charge is -2.35. The number of carbonyl (C=O) groups excluding carboxylic acids is 2. The Balaban J connectivity index is 1.46. The second-order valence-corrected chi connectivity index (χ2v) is 8.71. The molecule has 0 aromatic heterocycles. The summed E-state index contributed by atoms with van der Waals surface area (Å²) >= 11 is 0. The Labute approximate surface area is 184 Å². The number of amides is 2. The van der Waals surface area contributed by atoms with Crippen LogP contribution in [0.3, 0.4) is 0 Å². The molecule has 3 N–H and O–H groups in total. The number of nitrogens with two attached hydrogens (primary N) is 1. The van der Waals surface area contributed by atoms with E-state index in [1.165, 1.54) is 17.0 Å². The van der Waals surface area contributed by atoms with E-state index in [4.69, 9.17) is 5.73 Å². The first-order valence-electron chi connectivity index (χ1n) is 10.9. The predicted octanol–water partition coefficient (Wildman–Crippen LogP) is 3.41. The van der Waals surface area contributed by atoms with Gasteiger partial charge in [-0.2, -0.15) is 0 Å². The number of carbonyl (C=O) groups is 2. The molecule has 0 unspecified atom stereocenters. The van der Waals surface area contributed by atoms with E-state index < -0.39 is 18.6 Å². The van der Waals surface area contributed by atoms with Gasteiger partial charge in [-0.05, 0) is 68.2 Å². The third-order valence-corrected chi connectivity index (χ3v) is 6.49. The molecule has 2 aliphatic rings. The van der Waals surface area contributed by atoms with E-state index in [2.05, 4.69) is 10.1 Å². The van der Waals surface area contributed by atoms with Gasteiger partial charge in [-0.15, -0.1) is 13.2 Å². The van der Waals surface area contributed by atoms with Gasteiger partial charge in [-0.1, -0.05) is 6.92 Å². The highest BCUT2D eigenvalue weighted by atomic mass is 19.4. The summed E-state index contributed by atoms with van der Waals surface area (Å²) in [4.78, 5) is 26.5. The van der Waals surface area contributed by atoms with E-state index >= 15 is 0 Å². The van der Waals surface area contributed by atoms with Crippen LogP contribution in [-0.2, 0) is 4.79 Å². The van der Waals surface area contributed by atoms with Gasteiger partial charge >= 0.3 is 6.36 Å². The number of alkyl halides is 4. The molecule has 1 aromatic carbocycles. The minimum Gasteiger partial charge on any atom is -0.406 e. The molecule has 1 aromatic rings. The van der Waals surface area contributed by atoms with Crippen molar-refractivity contribution >= 4 is 11.8 Å². The summed E-state index contributed by atoms with van der Waals surface area (Å²) in [6.07, 6.45) is -2.39. The first-order valence-corrected chi connectivity index (χ1v) is 10.9. The van der Waals surface area contributed by atoms with Crippen LogP contribution in [0.4, 0.5) is 17.6 Å². The Kier molecular flexibility index (Phi) is 7.63. The van der Waals surface area contributed by atoms with E-state index in [-0.39, 0.29) is 47.5 Å². The van der Waals surface area contributed by atoms with Gasteiger partial charge in [0.15, 0.2) is 0 Å². The molecular weight excluding hydrogens is 430 g/mol. The third kappa shape index (κ3) is 6.34. The van der Waals surface area contributed by atoms with E-state index in [1.54, 1.807) is 0 Å². The molecule has 10 heteroatoms. The summed E-state index contributed by atoms with van der Waals surface area (Å²) in [5.74, 6) is -0.776. The number of likely N-dealkylation sites (tertiary alicyclic amines) is 1. The monoisotopic (exact) mass is 459 g/mol. The summed E-state index contributed by atoms with van der Waals surface area (Å²) in [6.45, 7) is 2.46. The van der Waals surface area contributed by atoms with Crippen LogP contribution in [0.25, 0.3) is 0 Å². The van der Waals surface area contributed by atoms with Gasteiger partial charge in [0.05, 0.1) is 12.6 Å². The Hall–Kier alpha value is -2.36. The van der Waals surface area contributed by atoms with Crippen molar-refractivity contribution in [2.75, 3.05) is 13.1 Å². The average molecular weight is 459 g/mol. The van der Waals surface area contributed by atoms with Gasteiger partial charge in [0.1, 0.15) is 11.9 Å². The zero-order chi connectivity index (χ0) is 23.5. The highest BCUT2D eigenvalue weighted by molar-refractivity contribution is 5.94. The molecule has 32 heavy (non-hydrogen) atoms. The summed E-state index contributed by atoms with van der Waals surface area (Å²) in [5, 5.41) is 2.91. The topological polar surface area (TPSA) is 84.7 Å². The standard InChI is InChI=1S/C22H29F4N3O3/c1-13(19(27)21(31)29-11-10-16(23)12-29)14-2-6-17(7-3-14)28-20(30)15-4-8-18(9-5-15)32-22(24,25)26/h4-5,8-9,13-14,16-17,19H,2-3,6-7,10-12,27H2,1H3,(H,28,30)/t13-,14?,16-,17?,19-/m0/s1. The molecule has 2 amide bonds. The van der Waals surface area contributed by atoms with Crippen LogP contribution in [0.2, 0.25) is 0 Å². The van der Waals surface area contributed by atoms with Gasteiger partial charge in [0.25, 0.3) is 5.91 Å². The molecule has 0 bridgehead atoms. The van der Waals surface area contributed by atoms with Gasteiger partial charge in [-0.25, -0.2) is 4.39 Å². The fraction of sp³-hybridized carbons (Fsp3) is 0.636. The Morgan fingerprint density at radius 2 is 1.75 bits per heavy atom. The molecular formula is C22H29F4N3O3. The summed E-state index contributed by atoms with van der Waals surface area (Å²) in [5.41, 5.74) is 6.44. The van der Waals surface area contributed by atoms with Crippen LogP contribution in [0.1, 0.15) is 49.4 Å². The molecule has 0 spiro atoms. The molecule has 1 saturated heterocycles. The number of hydrogen-bond acceptors (Lipinski definition) is 4. The molecule has 1 aliphatic heterocycles. The van der Waals surface area contributed by atoms with Gasteiger partial charge < -0.3 is 20.7 Å². The largest absolute Gasteiger partial charge is 0.573 e. The minimum absolute atomic E-state index is 0.0565. The summed E-state index contributed by atoms with van der Waals surface area (Å²) in [7, 11) is 0. The molecule has 178 valence electrons. The highest BCUT2D eigenvalue weighted by Crippen LogP contribution is 2.32. The minimum atomic E-state index is -4.78. The van der Waals surface area contributed by atoms with Crippen molar-refractivity contribution in [3.63, 3.8) is 0 Å².